The van der Waals surface area contributed by atoms with Gasteiger partial charge in [0.25, 0.3) is 0 Å². The molecule has 3 aromatic rings. The van der Waals surface area contributed by atoms with Crippen LogP contribution in [-0.4, -0.2) is 61.8 Å². The van der Waals surface area contributed by atoms with Gasteiger partial charge in [0.15, 0.2) is 11.5 Å². The molecule has 0 saturated carbocycles. The van der Waals surface area contributed by atoms with Crippen molar-refractivity contribution in [2.45, 2.75) is 46.0 Å². The van der Waals surface area contributed by atoms with E-state index in [0.29, 0.717) is 11.5 Å². The molecule has 0 bridgehead atoms. The summed E-state index contributed by atoms with van der Waals surface area (Å²) in [5, 5.41) is 18.1. The molecule has 0 aliphatic heterocycles. The lowest BCUT2D eigenvalue weighted by molar-refractivity contribution is -0.141. The van der Waals surface area contributed by atoms with E-state index in [2.05, 4.69) is 69.5 Å². The Labute approximate surface area is 265 Å². The number of carbonyl (C=O) groups excluding carboxylic acids is 2. The Bertz CT molecular complexity index is 1440. The molecule has 0 atom stereocenters. The minimum absolute atomic E-state index is 0.0313. The first-order chi connectivity index (χ1) is 21.8. The molecule has 8 heteroatoms. The van der Waals surface area contributed by atoms with Crippen molar-refractivity contribution < 1.29 is 38.7 Å². The number of aliphatic hydroxyl groups excluding tert-OH is 2. The number of aryl methyl sites for hydroxylation is 2. The van der Waals surface area contributed by atoms with E-state index in [1.807, 2.05) is 12.1 Å². The second-order valence-corrected chi connectivity index (χ2v) is 10.5. The standard InChI is InChI=1S/C37H44O8/c1-5-7-8-9-28-10-12-30(13-11-28)31-14-16-33(29(6-2)22-31)32-15-17-34(42-18-20-44-36(40)26(3)24-38)35(23-32)43-19-21-45-37(41)27(4)25-39/h10-17,22-23,38-39H,3-9,18-21,24-25H2,1-2H3. The molecule has 3 aromatic carbocycles. The highest BCUT2D eigenvalue weighted by atomic mass is 16.6. The van der Waals surface area contributed by atoms with E-state index in [9.17, 15) is 9.59 Å². The molecule has 0 amide bonds. The molecular weight excluding hydrogens is 572 g/mol. The summed E-state index contributed by atoms with van der Waals surface area (Å²) in [6.07, 6.45) is 5.59. The van der Waals surface area contributed by atoms with Gasteiger partial charge in [-0.3, -0.25) is 0 Å². The Balaban J connectivity index is 1.79. The monoisotopic (exact) mass is 616 g/mol. The van der Waals surface area contributed by atoms with Gasteiger partial charge >= 0.3 is 11.9 Å². The maximum absolute atomic E-state index is 11.8. The minimum atomic E-state index is -0.698. The molecule has 0 heterocycles. The van der Waals surface area contributed by atoms with E-state index in [4.69, 9.17) is 29.2 Å². The highest BCUT2D eigenvalue weighted by Gasteiger charge is 2.14. The van der Waals surface area contributed by atoms with Gasteiger partial charge in [-0.2, -0.15) is 0 Å². The number of aliphatic hydroxyl groups is 2. The first kappa shape index (κ1) is 35.1. The zero-order chi connectivity index (χ0) is 32.6. The molecule has 0 unspecified atom stereocenters. The number of carbonyl (C=O) groups is 2. The van der Waals surface area contributed by atoms with Crippen molar-refractivity contribution >= 4 is 11.9 Å². The predicted octanol–water partition coefficient (Wildman–Crippen LogP) is 6.26. The van der Waals surface area contributed by atoms with E-state index in [1.165, 1.54) is 36.0 Å². The van der Waals surface area contributed by atoms with Crippen molar-refractivity contribution in [2.24, 2.45) is 0 Å². The lowest BCUT2D eigenvalue weighted by Crippen LogP contribution is -2.16. The third-order valence-electron chi connectivity index (χ3n) is 7.20. The van der Waals surface area contributed by atoms with Gasteiger partial charge < -0.3 is 29.2 Å². The average Bonchev–Trinajstić information content (AvgIpc) is 3.08. The molecule has 0 aliphatic rings. The smallest absolute Gasteiger partial charge is 0.335 e. The Morgan fingerprint density at radius 3 is 1.82 bits per heavy atom. The Morgan fingerprint density at radius 2 is 1.24 bits per heavy atom. The van der Waals surface area contributed by atoms with Crippen LogP contribution in [0.2, 0.25) is 0 Å². The van der Waals surface area contributed by atoms with Crippen LogP contribution in [0.3, 0.4) is 0 Å². The van der Waals surface area contributed by atoms with E-state index in [1.54, 1.807) is 6.07 Å². The second kappa shape index (κ2) is 18.4. The third-order valence-corrected chi connectivity index (χ3v) is 7.20. The van der Waals surface area contributed by atoms with Gasteiger partial charge in [-0.1, -0.05) is 88.4 Å². The first-order valence-corrected chi connectivity index (χ1v) is 15.3. The van der Waals surface area contributed by atoms with Crippen molar-refractivity contribution in [1.29, 1.82) is 0 Å². The lowest BCUT2D eigenvalue weighted by atomic mass is 9.93. The third kappa shape index (κ3) is 10.6. The normalized spacial score (nSPS) is 10.7. The molecule has 0 aliphatic carbocycles. The lowest BCUT2D eigenvalue weighted by Gasteiger charge is -2.17. The zero-order valence-corrected chi connectivity index (χ0v) is 26.3. The van der Waals surface area contributed by atoms with E-state index in [-0.39, 0.29) is 37.6 Å². The van der Waals surface area contributed by atoms with Crippen LogP contribution in [0.5, 0.6) is 11.5 Å². The van der Waals surface area contributed by atoms with E-state index in [0.717, 1.165) is 29.5 Å². The number of ether oxygens (including phenoxy) is 4. The van der Waals surface area contributed by atoms with Gasteiger partial charge in [0, 0.05) is 0 Å². The zero-order valence-electron chi connectivity index (χ0n) is 26.3. The molecule has 0 saturated heterocycles. The maximum atomic E-state index is 11.8. The predicted molar refractivity (Wildman–Crippen MR) is 175 cm³/mol. The maximum Gasteiger partial charge on any atom is 0.335 e. The average molecular weight is 617 g/mol. The fraction of sp³-hybridized carbons (Fsp3) is 0.351. The first-order valence-electron chi connectivity index (χ1n) is 15.3. The fourth-order valence-electron chi connectivity index (χ4n) is 4.60. The van der Waals surface area contributed by atoms with Gasteiger partial charge in [0.2, 0.25) is 0 Å². The van der Waals surface area contributed by atoms with Crippen molar-refractivity contribution in [3.63, 3.8) is 0 Å². The second-order valence-electron chi connectivity index (χ2n) is 10.5. The Hall–Kier alpha value is -4.40. The van der Waals surface area contributed by atoms with Crippen molar-refractivity contribution in [2.75, 3.05) is 39.6 Å². The van der Waals surface area contributed by atoms with E-state index >= 15 is 0 Å². The minimum Gasteiger partial charge on any atom is -0.486 e. The summed E-state index contributed by atoms with van der Waals surface area (Å²) in [6, 6.07) is 20.8. The van der Waals surface area contributed by atoms with Crippen LogP contribution < -0.4 is 9.47 Å². The summed E-state index contributed by atoms with van der Waals surface area (Å²) in [4.78, 5) is 23.6. The molecule has 0 radical (unpaired) electrons. The number of unbranched alkanes of at least 4 members (excludes halogenated alkanes) is 2. The molecule has 0 aromatic heterocycles. The van der Waals surface area contributed by atoms with Crippen LogP contribution in [0.15, 0.2) is 85.0 Å². The SMILES string of the molecule is C=C(CO)C(=O)OCCOc1ccc(-c2ccc(-c3ccc(CCCCC)cc3)cc2CC)cc1OCCOC(=O)C(=C)CO. The highest BCUT2D eigenvalue weighted by molar-refractivity contribution is 5.88. The van der Waals surface area contributed by atoms with E-state index < -0.39 is 25.2 Å². The van der Waals surface area contributed by atoms with Crippen LogP contribution in [0.25, 0.3) is 22.3 Å². The molecule has 3 rings (SSSR count). The number of esters is 2. The molecule has 45 heavy (non-hydrogen) atoms. The number of hydrogen-bond acceptors (Lipinski definition) is 8. The largest absolute Gasteiger partial charge is 0.486 e. The molecule has 2 N–H and O–H groups in total. The fourth-order valence-corrected chi connectivity index (χ4v) is 4.60. The topological polar surface area (TPSA) is 112 Å². The summed E-state index contributed by atoms with van der Waals surface area (Å²) < 4.78 is 22.0. The van der Waals surface area contributed by atoms with Gasteiger partial charge in [0.1, 0.15) is 26.4 Å². The van der Waals surface area contributed by atoms with Crippen LogP contribution in [0.1, 0.15) is 44.2 Å². The van der Waals surface area contributed by atoms with Crippen LogP contribution in [0, 0.1) is 0 Å². The molecular formula is C37H44O8. The summed E-state index contributed by atoms with van der Waals surface area (Å²) in [5.74, 6) is -0.565. The summed E-state index contributed by atoms with van der Waals surface area (Å²) in [5.41, 5.74) is 6.74. The summed E-state index contributed by atoms with van der Waals surface area (Å²) in [7, 11) is 0. The number of benzene rings is 3. The summed E-state index contributed by atoms with van der Waals surface area (Å²) in [6.45, 7) is 10.2. The Morgan fingerprint density at radius 1 is 0.667 bits per heavy atom. The van der Waals surface area contributed by atoms with Crippen molar-refractivity contribution in [3.8, 4) is 33.8 Å². The quantitative estimate of drug-likeness (QED) is 0.0923. The van der Waals surface area contributed by atoms with Crippen molar-refractivity contribution in [1.82, 2.24) is 0 Å². The van der Waals surface area contributed by atoms with Gasteiger partial charge in [-0.15, -0.1) is 0 Å². The van der Waals surface area contributed by atoms with Crippen LogP contribution in [-0.2, 0) is 31.9 Å². The van der Waals surface area contributed by atoms with Gasteiger partial charge in [-0.05, 0) is 64.8 Å². The van der Waals surface area contributed by atoms with Crippen molar-refractivity contribution in [3.05, 3.63) is 96.1 Å². The molecule has 0 spiro atoms. The molecule has 0 fully saturated rings. The molecule has 8 nitrogen and oxygen atoms in total. The highest BCUT2D eigenvalue weighted by Crippen LogP contribution is 2.36. The van der Waals surface area contributed by atoms with Crippen LogP contribution in [0.4, 0.5) is 0 Å². The van der Waals surface area contributed by atoms with Crippen LogP contribution >= 0.6 is 0 Å². The molecule has 240 valence electrons. The van der Waals surface area contributed by atoms with Gasteiger partial charge in [0.05, 0.1) is 24.4 Å². The number of hydrogen-bond donors (Lipinski definition) is 2. The Kier molecular flexibility index (Phi) is 14.4. The van der Waals surface area contributed by atoms with Gasteiger partial charge in [-0.25, -0.2) is 9.59 Å². The number of rotatable bonds is 19. The summed E-state index contributed by atoms with van der Waals surface area (Å²) >= 11 is 0.